The topological polar surface area (TPSA) is 55.1 Å². The fourth-order valence-electron chi connectivity index (χ4n) is 2.97. The van der Waals surface area contributed by atoms with Crippen molar-refractivity contribution in [2.75, 3.05) is 6.54 Å². The van der Waals surface area contributed by atoms with Gasteiger partial charge in [-0.2, -0.15) is 0 Å². The number of nitrogens with two attached hydrogens (primary N) is 1. The van der Waals surface area contributed by atoms with Gasteiger partial charge in [0.1, 0.15) is 0 Å². The molecule has 2 saturated carbocycles. The summed E-state index contributed by atoms with van der Waals surface area (Å²) in [6, 6.07) is 0. The van der Waals surface area contributed by atoms with Crippen LogP contribution in [-0.4, -0.2) is 18.0 Å². The highest BCUT2D eigenvalue weighted by molar-refractivity contribution is 5.85. The van der Waals surface area contributed by atoms with Crippen LogP contribution >= 0.6 is 12.4 Å². The molecule has 0 aromatic heterocycles. The standard InChI is InChI=1S/C14H26N2O.ClH/c1-14(10-15,12-8-9-12)16-13(17)11-6-4-2-3-5-7-11;/h11-12H,2-10,15H2,1H3,(H,16,17);1H. The Kier molecular flexibility index (Phi) is 5.93. The molecule has 0 radical (unpaired) electrons. The maximum absolute atomic E-state index is 12.3. The molecule has 2 aliphatic rings. The Balaban J connectivity index is 0.00000162. The molecule has 0 aliphatic heterocycles. The Hall–Kier alpha value is -0.280. The third-order valence-electron chi connectivity index (χ3n) is 4.54. The van der Waals surface area contributed by atoms with Crippen molar-refractivity contribution in [3.63, 3.8) is 0 Å². The van der Waals surface area contributed by atoms with Gasteiger partial charge < -0.3 is 11.1 Å². The summed E-state index contributed by atoms with van der Waals surface area (Å²) in [7, 11) is 0. The normalized spacial score (nSPS) is 24.6. The average Bonchev–Trinajstić information content (AvgIpc) is 3.15. The molecule has 4 heteroatoms. The van der Waals surface area contributed by atoms with Crippen LogP contribution in [0.5, 0.6) is 0 Å². The summed E-state index contributed by atoms with van der Waals surface area (Å²) in [5.41, 5.74) is 5.69. The summed E-state index contributed by atoms with van der Waals surface area (Å²) in [6.07, 6.45) is 9.58. The third kappa shape index (κ3) is 3.86. The molecule has 18 heavy (non-hydrogen) atoms. The minimum absolute atomic E-state index is 0. The van der Waals surface area contributed by atoms with Gasteiger partial charge in [0.25, 0.3) is 0 Å². The van der Waals surface area contributed by atoms with Gasteiger partial charge in [-0.25, -0.2) is 0 Å². The fourth-order valence-corrected chi connectivity index (χ4v) is 2.97. The van der Waals surface area contributed by atoms with Gasteiger partial charge >= 0.3 is 0 Å². The lowest BCUT2D eigenvalue weighted by Gasteiger charge is -2.31. The number of halogens is 1. The molecule has 2 fully saturated rings. The molecule has 3 N–H and O–H groups in total. The lowest BCUT2D eigenvalue weighted by molar-refractivity contribution is -0.127. The van der Waals surface area contributed by atoms with Gasteiger partial charge in [-0.15, -0.1) is 12.4 Å². The Labute approximate surface area is 117 Å². The molecule has 0 aromatic carbocycles. The smallest absolute Gasteiger partial charge is 0.223 e. The van der Waals surface area contributed by atoms with Gasteiger partial charge in [0.15, 0.2) is 0 Å². The SMILES string of the molecule is CC(CN)(NC(=O)C1CCCCCC1)C1CC1.Cl. The Morgan fingerprint density at radius 3 is 2.17 bits per heavy atom. The maximum atomic E-state index is 12.3. The van der Waals surface area contributed by atoms with E-state index in [1.807, 2.05) is 0 Å². The highest BCUT2D eigenvalue weighted by Crippen LogP contribution is 2.39. The number of rotatable bonds is 4. The second kappa shape index (κ2) is 6.76. The van der Waals surface area contributed by atoms with Crippen LogP contribution in [0.25, 0.3) is 0 Å². The van der Waals surface area contributed by atoms with Crippen LogP contribution < -0.4 is 11.1 Å². The maximum Gasteiger partial charge on any atom is 0.223 e. The van der Waals surface area contributed by atoms with E-state index in [1.165, 1.54) is 38.5 Å². The van der Waals surface area contributed by atoms with Crippen LogP contribution in [0.1, 0.15) is 58.3 Å². The Morgan fingerprint density at radius 2 is 1.72 bits per heavy atom. The van der Waals surface area contributed by atoms with Gasteiger partial charge in [-0.3, -0.25) is 4.79 Å². The first kappa shape index (κ1) is 15.8. The lowest BCUT2D eigenvalue weighted by atomic mass is 9.92. The van der Waals surface area contributed by atoms with E-state index in [2.05, 4.69) is 12.2 Å². The molecule has 0 aromatic rings. The number of amides is 1. The summed E-state index contributed by atoms with van der Waals surface area (Å²) in [5, 5.41) is 3.24. The highest BCUT2D eigenvalue weighted by Gasteiger charge is 2.42. The molecule has 2 rings (SSSR count). The summed E-state index contributed by atoms with van der Waals surface area (Å²) >= 11 is 0. The van der Waals surface area contributed by atoms with Crippen LogP contribution in [0.3, 0.4) is 0 Å². The van der Waals surface area contributed by atoms with E-state index in [1.54, 1.807) is 0 Å². The van der Waals surface area contributed by atoms with Gasteiger partial charge in [-0.05, 0) is 38.5 Å². The molecular weight excluding hydrogens is 248 g/mol. The number of hydrogen-bond acceptors (Lipinski definition) is 2. The lowest BCUT2D eigenvalue weighted by Crippen LogP contribution is -2.54. The number of hydrogen-bond donors (Lipinski definition) is 2. The minimum Gasteiger partial charge on any atom is -0.349 e. The van der Waals surface area contributed by atoms with Crippen molar-refractivity contribution in [2.24, 2.45) is 17.6 Å². The second-order valence-corrected chi connectivity index (χ2v) is 6.07. The molecule has 0 spiro atoms. The molecule has 0 bridgehead atoms. The van der Waals surface area contributed by atoms with Crippen LogP contribution in [0.4, 0.5) is 0 Å². The van der Waals surface area contributed by atoms with Crippen molar-refractivity contribution in [1.82, 2.24) is 5.32 Å². The zero-order valence-corrected chi connectivity index (χ0v) is 12.2. The van der Waals surface area contributed by atoms with Crippen molar-refractivity contribution in [3.8, 4) is 0 Å². The fraction of sp³-hybridized carbons (Fsp3) is 0.929. The van der Waals surface area contributed by atoms with E-state index in [4.69, 9.17) is 5.73 Å². The van der Waals surface area contributed by atoms with Crippen LogP contribution in [0.15, 0.2) is 0 Å². The molecule has 2 aliphatic carbocycles. The molecule has 106 valence electrons. The molecule has 1 unspecified atom stereocenters. The molecule has 1 atom stereocenters. The van der Waals surface area contributed by atoms with E-state index in [0.717, 1.165) is 12.8 Å². The van der Waals surface area contributed by atoms with Crippen molar-refractivity contribution in [1.29, 1.82) is 0 Å². The third-order valence-corrected chi connectivity index (χ3v) is 4.54. The largest absolute Gasteiger partial charge is 0.349 e. The number of carbonyl (C=O) groups excluding carboxylic acids is 1. The summed E-state index contributed by atoms with van der Waals surface area (Å²) in [4.78, 5) is 12.3. The zero-order chi connectivity index (χ0) is 12.3. The summed E-state index contributed by atoms with van der Waals surface area (Å²) in [5.74, 6) is 1.11. The monoisotopic (exact) mass is 274 g/mol. The Bertz CT molecular complexity index is 273. The predicted octanol–water partition coefficient (Wildman–Crippen LogP) is 2.62. The van der Waals surface area contributed by atoms with Crippen LogP contribution in [0.2, 0.25) is 0 Å². The minimum atomic E-state index is -0.149. The highest BCUT2D eigenvalue weighted by atomic mass is 35.5. The van der Waals surface area contributed by atoms with E-state index < -0.39 is 0 Å². The predicted molar refractivity (Wildman–Crippen MR) is 76.8 cm³/mol. The zero-order valence-electron chi connectivity index (χ0n) is 11.4. The summed E-state index contributed by atoms with van der Waals surface area (Å²) < 4.78 is 0. The first-order valence-corrected chi connectivity index (χ1v) is 7.18. The molecular formula is C14H27ClN2O. The Morgan fingerprint density at radius 1 is 1.17 bits per heavy atom. The van der Waals surface area contributed by atoms with Crippen molar-refractivity contribution < 1.29 is 4.79 Å². The van der Waals surface area contributed by atoms with Crippen LogP contribution in [0, 0.1) is 11.8 Å². The van der Waals surface area contributed by atoms with E-state index >= 15 is 0 Å². The van der Waals surface area contributed by atoms with Crippen molar-refractivity contribution in [3.05, 3.63) is 0 Å². The van der Waals surface area contributed by atoms with E-state index in [0.29, 0.717) is 12.5 Å². The van der Waals surface area contributed by atoms with Gasteiger partial charge in [0.2, 0.25) is 5.91 Å². The first-order valence-electron chi connectivity index (χ1n) is 7.18. The summed E-state index contributed by atoms with van der Waals surface area (Å²) in [6.45, 7) is 2.68. The average molecular weight is 275 g/mol. The van der Waals surface area contributed by atoms with Crippen molar-refractivity contribution >= 4 is 18.3 Å². The molecule has 3 nitrogen and oxygen atoms in total. The molecule has 0 saturated heterocycles. The number of carbonyl (C=O) groups is 1. The second-order valence-electron chi connectivity index (χ2n) is 6.07. The molecule has 0 heterocycles. The molecule has 1 amide bonds. The van der Waals surface area contributed by atoms with Gasteiger partial charge in [0.05, 0.1) is 5.54 Å². The van der Waals surface area contributed by atoms with Gasteiger partial charge in [-0.1, -0.05) is 25.7 Å². The first-order chi connectivity index (χ1) is 8.15. The number of nitrogens with one attached hydrogen (secondary N) is 1. The van der Waals surface area contributed by atoms with Crippen molar-refractivity contribution in [2.45, 2.75) is 63.8 Å². The van der Waals surface area contributed by atoms with E-state index in [9.17, 15) is 4.79 Å². The quantitative estimate of drug-likeness (QED) is 0.775. The van der Waals surface area contributed by atoms with Crippen LogP contribution in [-0.2, 0) is 4.79 Å². The van der Waals surface area contributed by atoms with Gasteiger partial charge in [0, 0.05) is 12.5 Å². The van der Waals surface area contributed by atoms with E-state index in [-0.39, 0.29) is 29.8 Å².